The molecule has 0 heterocycles. The van der Waals surface area contributed by atoms with Gasteiger partial charge in [0, 0.05) is 25.7 Å². The van der Waals surface area contributed by atoms with Gasteiger partial charge in [0.15, 0.2) is 12.2 Å². The number of carbonyl (C=O) groups is 4. The van der Waals surface area contributed by atoms with Crippen molar-refractivity contribution in [1.82, 2.24) is 0 Å². The average molecular weight is 1310 g/mol. The van der Waals surface area contributed by atoms with Gasteiger partial charge in [0.05, 0.1) is 26.4 Å². The van der Waals surface area contributed by atoms with Crippen molar-refractivity contribution in [2.45, 2.75) is 374 Å². The van der Waals surface area contributed by atoms with Gasteiger partial charge in [-0.05, 0) is 37.5 Å². The third-order valence-corrected chi connectivity index (χ3v) is 18.1. The molecule has 0 rings (SSSR count). The number of aliphatic hydroxyl groups is 1. The summed E-state index contributed by atoms with van der Waals surface area (Å²) >= 11 is 0. The molecule has 0 saturated carbocycles. The van der Waals surface area contributed by atoms with Gasteiger partial charge in [0.1, 0.15) is 19.3 Å². The zero-order valence-corrected chi connectivity index (χ0v) is 59.5. The number of ether oxygens (including phenoxy) is 4. The second-order valence-corrected chi connectivity index (χ2v) is 29.1. The summed E-state index contributed by atoms with van der Waals surface area (Å²) < 4.78 is 68.1. The Bertz CT molecular complexity index is 1730. The van der Waals surface area contributed by atoms with Gasteiger partial charge in [0.2, 0.25) is 0 Å². The highest BCUT2D eigenvalue weighted by atomic mass is 31.2. The van der Waals surface area contributed by atoms with Crippen LogP contribution >= 0.6 is 15.6 Å². The van der Waals surface area contributed by atoms with Crippen LogP contribution in [-0.4, -0.2) is 96.7 Å². The lowest BCUT2D eigenvalue weighted by Gasteiger charge is -2.21. The predicted octanol–water partition coefficient (Wildman–Crippen LogP) is 20.0. The van der Waals surface area contributed by atoms with Crippen molar-refractivity contribution in [2.24, 2.45) is 11.8 Å². The maximum absolute atomic E-state index is 13.0. The van der Waals surface area contributed by atoms with Crippen LogP contribution in [0.3, 0.4) is 0 Å². The van der Waals surface area contributed by atoms with E-state index < -0.39 is 97.5 Å². The Morgan fingerprint density at radius 2 is 0.517 bits per heavy atom. The molecule has 0 aromatic rings. The standard InChI is InChI=1S/C70H136O17P2/c1-7-9-11-13-14-15-16-17-18-19-20-25-31-36-42-48-54-70(75)87-66(59-81-68(73)53-47-41-35-30-24-22-21-23-28-33-39-44-50-62(3)4)61-85-89(78,79)83-57-64(71)56-82-88(76,77)84-60-65(58-80-67(72)52-46-38-12-10-8-2)86-69(74)55-49-43-37-32-27-26-29-34-40-45-51-63(5)6/h62-66,71H,7-61H2,1-6H3,(H,76,77)(H,78,79)/t64-,65+,66+/m0/s1. The minimum Gasteiger partial charge on any atom is -0.462 e. The fourth-order valence-electron chi connectivity index (χ4n) is 10.6. The number of esters is 4. The normalized spacial score (nSPS) is 14.1. The summed E-state index contributed by atoms with van der Waals surface area (Å²) in [5.74, 6) is -0.600. The first-order chi connectivity index (χ1) is 42.9. The fraction of sp³-hybridized carbons (Fsp3) is 0.943. The molecule has 0 amide bonds. The van der Waals surface area contributed by atoms with Gasteiger partial charge in [-0.3, -0.25) is 37.3 Å². The van der Waals surface area contributed by atoms with Gasteiger partial charge < -0.3 is 33.8 Å². The van der Waals surface area contributed by atoms with Gasteiger partial charge >= 0.3 is 39.5 Å². The van der Waals surface area contributed by atoms with Crippen LogP contribution < -0.4 is 0 Å². The van der Waals surface area contributed by atoms with Crippen molar-refractivity contribution in [2.75, 3.05) is 39.6 Å². The van der Waals surface area contributed by atoms with Crippen molar-refractivity contribution in [3.63, 3.8) is 0 Å². The quantitative estimate of drug-likeness (QED) is 0.0222. The SMILES string of the molecule is CCCCCCCCCCCCCCCCCCC(=O)O[C@H](COC(=O)CCCCCCCCCCCCCCC(C)C)COP(=O)(O)OC[C@@H](O)COP(=O)(O)OC[C@@H](COC(=O)CCCCCCC)OC(=O)CCCCCCCCCCCCC(C)C. The number of carbonyl (C=O) groups excluding carboxylic acids is 4. The molecular weight excluding hydrogens is 1170 g/mol. The second kappa shape index (κ2) is 62.2. The monoisotopic (exact) mass is 1310 g/mol. The number of hydrogen-bond donors (Lipinski definition) is 3. The molecule has 0 saturated heterocycles. The summed E-state index contributed by atoms with van der Waals surface area (Å²) in [6, 6.07) is 0. The van der Waals surface area contributed by atoms with E-state index >= 15 is 0 Å². The van der Waals surface area contributed by atoms with E-state index in [1.165, 1.54) is 167 Å². The largest absolute Gasteiger partial charge is 0.472 e. The second-order valence-electron chi connectivity index (χ2n) is 26.2. The van der Waals surface area contributed by atoms with Crippen molar-refractivity contribution in [3.05, 3.63) is 0 Å². The molecule has 0 aromatic heterocycles. The Hall–Kier alpha value is -1.94. The zero-order chi connectivity index (χ0) is 65.7. The van der Waals surface area contributed by atoms with Crippen molar-refractivity contribution >= 4 is 39.5 Å². The molecule has 19 heteroatoms. The van der Waals surface area contributed by atoms with E-state index in [-0.39, 0.29) is 25.7 Å². The van der Waals surface area contributed by atoms with Crippen LogP contribution in [0.5, 0.6) is 0 Å². The lowest BCUT2D eigenvalue weighted by atomic mass is 10.0. The summed E-state index contributed by atoms with van der Waals surface area (Å²) in [6.07, 6.45) is 47.5. The van der Waals surface area contributed by atoms with E-state index in [0.29, 0.717) is 25.7 Å². The maximum Gasteiger partial charge on any atom is 0.472 e. The van der Waals surface area contributed by atoms with Gasteiger partial charge in [-0.25, -0.2) is 9.13 Å². The van der Waals surface area contributed by atoms with Crippen LogP contribution in [0.15, 0.2) is 0 Å². The maximum atomic E-state index is 13.0. The van der Waals surface area contributed by atoms with Crippen LogP contribution in [0, 0.1) is 11.8 Å². The molecule has 0 fully saturated rings. The van der Waals surface area contributed by atoms with Crippen LogP contribution in [0.1, 0.15) is 356 Å². The smallest absolute Gasteiger partial charge is 0.462 e. The number of phosphoric ester groups is 2. The van der Waals surface area contributed by atoms with Crippen molar-refractivity contribution in [3.8, 4) is 0 Å². The summed E-state index contributed by atoms with van der Waals surface area (Å²) in [4.78, 5) is 72.3. The molecule has 0 radical (unpaired) electrons. The Morgan fingerprint density at radius 3 is 0.764 bits per heavy atom. The van der Waals surface area contributed by atoms with Crippen LogP contribution in [-0.2, 0) is 65.4 Å². The summed E-state index contributed by atoms with van der Waals surface area (Å²) in [7, 11) is -9.89. The molecule has 0 aromatic carbocycles. The molecule has 0 aliphatic carbocycles. The molecule has 0 bridgehead atoms. The van der Waals surface area contributed by atoms with Crippen molar-refractivity contribution in [1.29, 1.82) is 0 Å². The minimum atomic E-state index is -4.95. The molecule has 3 N–H and O–H groups in total. The topological polar surface area (TPSA) is 237 Å². The number of rotatable bonds is 69. The lowest BCUT2D eigenvalue weighted by Crippen LogP contribution is -2.30. The Labute approximate surface area is 543 Å². The summed E-state index contributed by atoms with van der Waals surface area (Å²) in [6.45, 7) is 9.47. The first-order valence-corrected chi connectivity index (χ1v) is 39.5. The first kappa shape index (κ1) is 87.1. The molecule has 0 aliphatic rings. The number of phosphoric acid groups is 2. The Morgan fingerprint density at radius 1 is 0.303 bits per heavy atom. The molecule has 0 spiro atoms. The van der Waals surface area contributed by atoms with E-state index in [4.69, 9.17) is 37.0 Å². The Kier molecular flexibility index (Phi) is 60.8. The fourth-order valence-corrected chi connectivity index (χ4v) is 12.2. The van der Waals surface area contributed by atoms with Crippen LogP contribution in [0.25, 0.3) is 0 Å². The molecule has 2 unspecified atom stereocenters. The molecular formula is C70H136O17P2. The third kappa shape index (κ3) is 64.6. The highest BCUT2D eigenvalue weighted by Crippen LogP contribution is 2.45. The van der Waals surface area contributed by atoms with Crippen LogP contribution in [0.2, 0.25) is 0 Å². The highest BCUT2D eigenvalue weighted by Gasteiger charge is 2.30. The van der Waals surface area contributed by atoms with E-state index in [0.717, 1.165) is 108 Å². The predicted molar refractivity (Wildman–Crippen MR) is 358 cm³/mol. The third-order valence-electron chi connectivity index (χ3n) is 16.2. The van der Waals surface area contributed by atoms with E-state index in [2.05, 4.69) is 41.5 Å². The average Bonchev–Trinajstić information content (AvgIpc) is 3.71. The number of hydrogen-bond acceptors (Lipinski definition) is 15. The minimum absolute atomic E-state index is 0.105. The molecule has 528 valence electrons. The summed E-state index contributed by atoms with van der Waals surface area (Å²) in [5, 5.41) is 10.6. The van der Waals surface area contributed by atoms with E-state index in [1.54, 1.807) is 0 Å². The van der Waals surface area contributed by atoms with Crippen LogP contribution in [0.4, 0.5) is 0 Å². The lowest BCUT2D eigenvalue weighted by molar-refractivity contribution is -0.161. The van der Waals surface area contributed by atoms with Gasteiger partial charge in [0.25, 0.3) is 0 Å². The Balaban J connectivity index is 5.16. The zero-order valence-electron chi connectivity index (χ0n) is 57.7. The number of unbranched alkanes of at least 4 members (excludes halogenated alkanes) is 39. The van der Waals surface area contributed by atoms with Crippen molar-refractivity contribution < 1.29 is 80.2 Å². The first-order valence-electron chi connectivity index (χ1n) is 36.5. The van der Waals surface area contributed by atoms with Gasteiger partial charge in [-0.2, -0.15) is 0 Å². The van der Waals surface area contributed by atoms with Gasteiger partial charge in [-0.15, -0.1) is 0 Å². The highest BCUT2D eigenvalue weighted by molar-refractivity contribution is 7.47. The molecule has 17 nitrogen and oxygen atoms in total. The molecule has 89 heavy (non-hydrogen) atoms. The van der Waals surface area contributed by atoms with E-state index in [1.807, 2.05) is 0 Å². The van der Waals surface area contributed by atoms with E-state index in [9.17, 15) is 43.2 Å². The van der Waals surface area contributed by atoms with Gasteiger partial charge in [-0.1, -0.05) is 305 Å². The summed E-state index contributed by atoms with van der Waals surface area (Å²) in [5.41, 5.74) is 0. The molecule has 0 aliphatic heterocycles. The molecule has 5 atom stereocenters. The number of aliphatic hydroxyl groups excluding tert-OH is 1.